The van der Waals surface area contributed by atoms with Gasteiger partial charge in [-0.05, 0) is 37.0 Å². The molecule has 27 heavy (non-hydrogen) atoms. The zero-order valence-corrected chi connectivity index (χ0v) is 16.3. The van der Waals surface area contributed by atoms with E-state index in [0.29, 0.717) is 37.1 Å². The number of hydrogen-bond donors (Lipinski definition) is 0. The van der Waals surface area contributed by atoms with Crippen LogP contribution in [-0.4, -0.2) is 49.3 Å². The highest BCUT2D eigenvalue weighted by molar-refractivity contribution is 6.30. The summed E-state index contributed by atoms with van der Waals surface area (Å²) in [5, 5.41) is 0.699. The second kappa shape index (κ2) is 9.88. The smallest absolute Gasteiger partial charge is 0.249 e. The summed E-state index contributed by atoms with van der Waals surface area (Å²) in [6, 6.07) is 7.54. The number of benzene rings is 1. The van der Waals surface area contributed by atoms with Gasteiger partial charge in [-0.3, -0.25) is 4.79 Å². The quantitative estimate of drug-likeness (QED) is 0.642. The molecule has 1 aromatic carbocycles. The SMILES string of the molecule is COCCOCC(=O)N1CCCCC1c1ncc(Cc2cccc(Cl)c2)o1. The Morgan fingerprint density at radius 3 is 3.07 bits per heavy atom. The van der Waals surface area contributed by atoms with Crippen molar-refractivity contribution in [3.8, 4) is 0 Å². The molecule has 1 aromatic heterocycles. The van der Waals surface area contributed by atoms with E-state index in [4.69, 9.17) is 25.5 Å². The normalized spacial score (nSPS) is 17.3. The van der Waals surface area contributed by atoms with Crippen molar-refractivity contribution < 1.29 is 18.7 Å². The molecule has 1 saturated heterocycles. The molecule has 2 aromatic rings. The van der Waals surface area contributed by atoms with E-state index in [1.54, 1.807) is 13.3 Å². The van der Waals surface area contributed by atoms with Gasteiger partial charge in [-0.25, -0.2) is 4.98 Å². The van der Waals surface area contributed by atoms with Gasteiger partial charge in [-0.1, -0.05) is 23.7 Å². The number of nitrogens with zero attached hydrogens (tertiary/aromatic N) is 2. The Balaban J connectivity index is 1.64. The molecule has 0 aliphatic carbocycles. The molecule has 1 aliphatic rings. The molecule has 2 heterocycles. The lowest BCUT2D eigenvalue weighted by molar-refractivity contribution is -0.141. The van der Waals surface area contributed by atoms with Crippen molar-refractivity contribution in [1.29, 1.82) is 0 Å². The average Bonchev–Trinajstić information content (AvgIpc) is 3.13. The summed E-state index contributed by atoms with van der Waals surface area (Å²) in [5.41, 5.74) is 1.06. The lowest BCUT2D eigenvalue weighted by Crippen LogP contribution is -2.40. The van der Waals surface area contributed by atoms with E-state index in [9.17, 15) is 4.79 Å². The molecular formula is C20H25ClN2O4. The topological polar surface area (TPSA) is 64.8 Å². The molecule has 146 valence electrons. The van der Waals surface area contributed by atoms with Crippen molar-refractivity contribution in [2.24, 2.45) is 0 Å². The molecule has 1 fully saturated rings. The van der Waals surface area contributed by atoms with Crippen LogP contribution in [0.5, 0.6) is 0 Å². The fourth-order valence-corrected chi connectivity index (χ4v) is 3.49. The molecule has 0 N–H and O–H groups in total. The van der Waals surface area contributed by atoms with Crippen molar-refractivity contribution in [2.45, 2.75) is 31.7 Å². The van der Waals surface area contributed by atoms with Gasteiger partial charge in [0.1, 0.15) is 18.4 Å². The highest BCUT2D eigenvalue weighted by Crippen LogP contribution is 2.31. The number of rotatable bonds is 8. The molecule has 0 spiro atoms. The number of halogens is 1. The molecule has 7 heteroatoms. The molecule has 0 radical (unpaired) electrons. The van der Waals surface area contributed by atoms with E-state index in [1.165, 1.54) is 0 Å². The van der Waals surface area contributed by atoms with Crippen molar-refractivity contribution in [2.75, 3.05) is 33.5 Å². The number of aromatic nitrogens is 1. The highest BCUT2D eigenvalue weighted by Gasteiger charge is 2.31. The van der Waals surface area contributed by atoms with Gasteiger partial charge in [0, 0.05) is 25.1 Å². The maximum atomic E-state index is 12.6. The summed E-state index contributed by atoms with van der Waals surface area (Å²) in [4.78, 5) is 18.8. The molecule has 1 aliphatic heterocycles. The molecular weight excluding hydrogens is 368 g/mol. The van der Waals surface area contributed by atoms with E-state index >= 15 is 0 Å². The van der Waals surface area contributed by atoms with E-state index in [2.05, 4.69) is 4.98 Å². The van der Waals surface area contributed by atoms with E-state index in [1.807, 2.05) is 29.2 Å². The molecule has 0 bridgehead atoms. The number of ether oxygens (including phenoxy) is 2. The van der Waals surface area contributed by atoms with Crippen LogP contribution >= 0.6 is 11.6 Å². The summed E-state index contributed by atoms with van der Waals surface area (Å²) < 4.78 is 16.3. The lowest BCUT2D eigenvalue weighted by atomic mass is 10.0. The first-order valence-corrected chi connectivity index (χ1v) is 9.60. The molecule has 0 saturated carbocycles. The largest absolute Gasteiger partial charge is 0.443 e. The Labute approximate surface area is 164 Å². The monoisotopic (exact) mass is 392 g/mol. The first-order chi connectivity index (χ1) is 13.2. The van der Waals surface area contributed by atoms with Gasteiger partial charge < -0.3 is 18.8 Å². The Morgan fingerprint density at radius 1 is 1.37 bits per heavy atom. The number of likely N-dealkylation sites (tertiary alicyclic amines) is 1. The number of oxazole rings is 1. The zero-order chi connectivity index (χ0) is 19.1. The summed E-state index contributed by atoms with van der Waals surface area (Å²) in [6.45, 7) is 1.63. The van der Waals surface area contributed by atoms with E-state index in [0.717, 1.165) is 30.6 Å². The van der Waals surface area contributed by atoms with Crippen LogP contribution in [0.2, 0.25) is 5.02 Å². The predicted octanol–water partition coefficient (Wildman–Crippen LogP) is 3.64. The minimum absolute atomic E-state index is 0.0367. The maximum Gasteiger partial charge on any atom is 0.249 e. The number of piperidine rings is 1. The van der Waals surface area contributed by atoms with Crippen molar-refractivity contribution in [3.05, 3.63) is 52.7 Å². The summed E-state index contributed by atoms with van der Waals surface area (Å²) in [5.74, 6) is 1.32. The number of carbonyl (C=O) groups is 1. The van der Waals surface area contributed by atoms with Crippen LogP contribution in [0.4, 0.5) is 0 Å². The summed E-state index contributed by atoms with van der Waals surface area (Å²) in [6.07, 6.45) is 5.24. The molecule has 1 atom stereocenters. The van der Waals surface area contributed by atoms with Gasteiger partial charge >= 0.3 is 0 Å². The number of amides is 1. The Morgan fingerprint density at radius 2 is 2.26 bits per heavy atom. The Hall–Kier alpha value is -1.89. The lowest BCUT2D eigenvalue weighted by Gasteiger charge is -2.33. The highest BCUT2D eigenvalue weighted by atomic mass is 35.5. The Kier molecular flexibility index (Phi) is 7.26. The maximum absolute atomic E-state index is 12.6. The van der Waals surface area contributed by atoms with Crippen molar-refractivity contribution >= 4 is 17.5 Å². The van der Waals surface area contributed by atoms with E-state index < -0.39 is 0 Å². The third-order valence-corrected chi connectivity index (χ3v) is 4.84. The third kappa shape index (κ3) is 5.54. The molecule has 1 unspecified atom stereocenters. The fraction of sp³-hybridized carbons (Fsp3) is 0.500. The van der Waals surface area contributed by atoms with Gasteiger partial charge in [0.15, 0.2) is 0 Å². The van der Waals surface area contributed by atoms with Crippen LogP contribution in [0, 0.1) is 0 Å². The van der Waals surface area contributed by atoms with Gasteiger partial charge in [0.2, 0.25) is 11.8 Å². The third-order valence-electron chi connectivity index (χ3n) is 4.60. The van der Waals surface area contributed by atoms with Gasteiger partial charge in [0.25, 0.3) is 0 Å². The second-order valence-corrected chi connectivity index (χ2v) is 7.05. The first kappa shape index (κ1) is 19.9. The standard InChI is InChI=1S/C20H25ClN2O4/c1-25-9-10-26-14-19(24)23-8-3-2-7-18(23)20-22-13-17(27-20)12-15-5-4-6-16(21)11-15/h4-6,11,13,18H,2-3,7-10,12,14H2,1H3. The molecule has 1 amide bonds. The zero-order valence-electron chi connectivity index (χ0n) is 15.5. The minimum atomic E-state index is -0.134. The second-order valence-electron chi connectivity index (χ2n) is 6.62. The van der Waals surface area contributed by atoms with E-state index in [-0.39, 0.29) is 18.6 Å². The Bertz CT molecular complexity index is 749. The minimum Gasteiger partial charge on any atom is -0.443 e. The fourth-order valence-electron chi connectivity index (χ4n) is 3.28. The number of carbonyl (C=O) groups excluding carboxylic acids is 1. The van der Waals surface area contributed by atoms with Crippen LogP contribution in [0.25, 0.3) is 0 Å². The number of hydrogen-bond acceptors (Lipinski definition) is 5. The van der Waals surface area contributed by atoms with Crippen LogP contribution in [0.3, 0.4) is 0 Å². The van der Waals surface area contributed by atoms with Crippen LogP contribution in [-0.2, 0) is 20.7 Å². The summed E-state index contributed by atoms with van der Waals surface area (Å²) >= 11 is 6.04. The van der Waals surface area contributed by atoms with Crippen LogP contribution in [0.1, 0.15) is 42.5 Å². The van der Waals surface area contributed by atoms with Crippen molar-refractivity contribution in [1.82, 2.24) is 9.88 Å². The van der Waals surface area contributed by atoms with Crippen LogP contribution in [0.15, 0.2) is 34.9 Å². The molecule has 3 rings (SSSR count). The van der Waals surface area contributed by atoms with Gasteiger partial charge in [-0.15, -0.1) is 0 Å². The first-order valence-electron chi connectivity index (χ1n) is 9.22. The van der Waals surface area contributed by atoms with Crippen molar-refractivity contribution in [3.63, 3.8) is 0 Å². The number of methoxy groups -OCH3 is 1. The molecule has 6 nitrogen and oxygen atoms in total. The average molecular weight is 393 g/mol. The van der Waals surface area contributed by atoms with Gasteiger partial charge in [0.05, 0.1) is 19.4 Å². The summed E-state index contributed by atoms with van der Waals surface area (Å²) in [7, 11) is 1.61. The van der Waals surface area contributed by atoms with Crippen LogP contribution < -0.4 is 0 Å². The van der Waals surface area contributed by atoms with Gasteiger partial charge in [-0.2, -0.15) is 0 Å². The predicted molar refractivity (Wildman–Crippen MR) is 102 cm³/mol.